The molecule has 1 amide bonds. The fourth-order valence-corrected chi connectivity index (χ4v) is 4.15. The van der Waals surface area contributed by atoms with Crippen LogP contribution in [-0.4, -0.2) is 49.6 Å². The molecule has 0 saturated carbocycles. The van der Waals surface area contributed by atoms with E-state index < -0.39 is 0 Å². The molecule has 0 unspecified atom stereocenters. The molecular formula is C25H32N2O4. The van der Waals surface area contributed by atoms with Crippen molar-refractivity contribution in [1.29, 1.82) is 0 Å². The summed E-state index contributed by atoms with van der Waals surface area (Å²) in [6, 6.07) is 13.8. The van der Waals surface area contributed by atoms with Crippen LogP contribution in [-0.2, 0) is 27.3 Å². The van der Waals surface area contributed by atoms with Gasteiger partial charge in [0.25, 0.3) is 0 Å². The minimum Gasteiger partial charge on any atom is -0.496 e. The van der Waals surface area contributed by atoms with Crippen LogP contribution in [0.3, 0.4) is 0 Å². The van der Waals surface area contributed by atoms with Crippen molar-refractivity contribution in [2.75, 3.05) is 20.8 Å². The Hall–Kier alpha value is -2.86. The van der Waals surface area contributed by atoms with Crippen LogP contribution in [0.15, 0.2) is 42.5 Å². The van der Waals surface area contributed by atoms with Gasteiger partial charge in [0, 0.05) is 25.6 Å². The Bertz CT molecular complexity index is 910. The van der Waals surface area contributed by atoms with E-state index in [0.717, 1.165) is 22.4 Å². The van der Waals surface area contributed by atoms with Crippen LogP contribution in [0.25, 0.3) is 0 Å². The number of nitrogens with one attached hydrogen (secondary N) is 1. The maximum atomic E-state index is 12.5. The summed E-state index contributed by atoms with van der Waals surface area (Å²) in [6.45, 7) is 5.27. The summed E-state index contributed by atoms with van der Waals surface area (Å²) in [5, 5.41) is 3.11. The van der Waals surface area contributed by atoms with Crippen molar-refractivity contribution in [3.63, 3.8) is 0 Å². The Labute approximate surface area is 184 Å². The monoisotopic (exact) mass is 424 g/mol. The molecule has 1 aliphatic rings. The third-order valence-corrected chi connectivity index (χ3v) is 5.85. The number of rotatable bonds is 8. The van der Waals surface area contributed by atoms with Gasteiger partial charge < -0.3 is 14.8 Å². The molecule has 2 atom stereocenters. The molecule has 2 aromatic rings. The zero-order chi connectivity index (χ0) is 22.4. The molecule has 1 heterocycles. The van der Waals surface area contributed by atoms with Gasteiger partial charge in [-0.25, -0.2) is 0 Å². The topological polar surface area (TPSA) is 67.9 Å². The molecule has 0 radical (unpaired) electrons. The zero-order valence-corrected chi connectivity index (χ0v) is 18.8. The van der Waals surface area contributed by atoms with E-state index >= 15 is 0 Å². The molecule has 0 bridgehead atoms. The molecule has 0 aromatic heterocycles. The van der Waals surface area contributed by atoms with E-state index in [1.54, 1.807) is 7.11 Å². The highest BCUT2D eigenvalue weighted by atomic mass is 16.5. The Balaban J connectivity index is 1.59. The van der Waals surface area contributed by atoms with Gasteiger partial charge in [0.05, 0.1) is 14.2 Å². The van der Waals surface area contributed by atoms with Crippen LogP contribution in [0.5, 0.6) is 5.75 Å². The van der Waals surface area contributed by atoms with E-state index in [4.69, 9.17) is 9.47 Å². The third-order valence-electron chi connectivity index (χ3n) is 5.85. The molecule has 31 heavy (non-hydrogen) atoms. The Morgan fingerprint density at radius 1 is 1.06 bits per heavy atom. The third kappa shape index (κ3) is 6.07. The average molecular weight is 425 g/mol. The first-order valence-electron chi connectivity index (χ1n) is 10.7. The normalized spacial score (nSPS) is 18.6. The van der Waals surface area contributed by atoms with Crippen molar-refractivity contribution in [2.24, 2.45) is 0 Å². The highest BCUT2D eigenvalue weighted by Gasteiger charge is 2.38. The highest BCUT2D eigenvalue weighted by Crippen LogP contribution is 2.25. The lowest BCUT2D eigenvalue weighted by molar-refractivity contribution is -0.146. The van der Waals surface area contributed by atoms with Crippen molar-refractivity contribution < 1.29 is 19.1 Å². The van der Waals surface area contributed by atoms with Gasteiger partial charge in [-0.2, -0.15) is 0 Å². The summed E-state index contributed by atoms with van der Waals surface area (Å²) < 4.78 is 10.4. The van der Waals surface area contributed by atoms with Gasteiger partial charge in [-0.05, 0) is 49.4 Å². The fourth-order valence-electron chi connectivity index (χ4n) is 4.15. The molecule has 2 aromatic carbocycles. The highest BCUT2D eigenvalue weighted by molar-refractivity contribution is 5.78. The lowest BCUT2D eigenvalue weighted by Gasteiger charge is -2.22. The van der Waals surface area contributed by atoms with Crippen LogP contribution in [0, 0.1) is 13.8 Å². The van der Waals surface area contributed by atoms with Crippen LogP contribution >= 0.6 is 0 Å². The molecule has 1 fully saturated rings. The predicted molar refractivity (Wildman–Crippen MR) is 120 cm³/mol. The van der Waals surface area contributed by atoms with Crippen molar-refractivity contribution in [3.05, 3.63) is 64.7 Å². The van der Waals surface area contributed by atoms with E-state index in [9.17, 15) is 9.59 Å². The lowest BCUT2D eigenvalue weighted by atomic mass is 10.1. The molecule has 1 saturated heterocycles. The smallest absolute Gasteiger partial charge is 0.323 e. The molecule has 166 valence electrons. The number of aryl methyl sites for hydroxylation is 3. The van der Waals surface area contributed by atoms with Gasteiger partial charge >= 0.3 is 5.97 Å². The molecule has 6 heteroatoms. The largest absolute Gasteiger partial charge is 0.496 e. The summed E-state index contributed by atoms with van der Waals surface area (Å²) in [4.78, 5) is 26.9. The molecule has 0 spiro atoms. The molecular weight excluding hydrogens is 392 g/mol. The first-order valence-corrected chi connectivity index (χ1v) is 10.7. The number of likely N-dealkylation sites (tertiary alicyclic amines) is 1. The number of nitrogens with zero attached hydrogens (tertiary/aromatic N) is 1. The number of benzene rings is 2. The Morgan fingerprint density at radius 2 is 1.77 bits per heavy atom. The second-order valence-electron chi connectivity index (χ2n) is 8.26. The van der Waals surface area contributed by atoms with Gasteiger partial charge in [-0.1, -0.05) is 42.0 Å². The van der Waals surface area contributed by atoms with E-state index in [1.807, 2.05) is 26.0 Å². The van der Waals surface area contributed by atoms with Gasteiger partial charge in [0.1, 0.15) is 11.8 Å². The Morgan fingerprint density at radius 3 is 2.42 bits per heavy atom. The molecule has 1 aliphatic heterocycles. The number of hydrogen-bond acceptors (Lipinski definition) is 5. The Kier molecular flexibility index (Phi) is 7.69. The molecule has 3 rings (SSSR count). The van der Waals surface area contributed by atoms with Crippen LogP contribution in [0.2, 0.25) is 0 Å². The van der Waals surface area contributed by atoms with Crippen molar-refractivity contribution in [3.8, 4) is 5.75 Å². The zero-order valence-electron chi connectivity index (χ0n) is 18.8. The van der Waals surface area contributed by atoms with Crippen LogP contribution in [0.4, 0.5) is 0 Å². The lowest BCUT2D eigenvalue weighted by Crippen LogP contribution is -2.37. The van der Waals surface area contributed by atoms with E-state index in [0.29, 0.717) is 32.4 Å². The maximum Gasteiger partial charge on any atom is 0.323 e. The summed E-state index contributed by atoms with van der Waals surface area (Å²) >= 11 is 0. The van der Waals surface area contributed by atoms with Crippen molar-refractivity contribution in [1.82, 2.24) is 10.2 Å². The van der Waals surface area contributed by atoms with E-state index in [1.165, 1.54) is 12.7 Å². The van der Waals surface area contributed by atoms with Crippen LogP contribution < -0.4 is 10.1 Å². The number of carbonyl (C=O) groups is 2. The number of esters is 1. The summed E-state index contributed by atoms with van der Waals surface area (Å²) in [5.74, 6) is 0.589. The quantitative estimate of drug-likeness (QED) is 0.660. The second-order valence-corrected chi connectivity index (χ2v) is 8.26. The molecule has 1 N–H and O–H groups in total. The minimum atomic E-state index is -0.366. The number of ether oxygens (including phenoxy) is 2. The molecule has 0 aliphatic carbocycles. The SMILES string of the molecule is COC(=O)[C@@H]1C[C@@H](NC(=O)CCc2ccc(C)cc2)CN1Cc1ccc(OC)c(C)c1. The first kappa shape index (κ1) is 22.8. The van der Waals surface area contributed by atoms with Gasteiger partial charge in [-0.15, -0.1) is 0 Å². The van der Waals surface area contributed by atoms with Gasteiger partial charge in [0.15, 0.2) is 0 Å². The maximum absolute atomic E-state index is 12.5. The standard InChI is InChI=1S/C25H32N2O4/c1-17-5-7-19(8-6-17)10-12-24(28)26-21-14-22(25(29)31-4)27(16-21)15-20-9-11-23(30-3)18(2)13-20/h5-9,11,13,21-22H,10,12,14-16H2,1-4H3,(H,26,28)/t21-,22+/m1/s1. The van der Waals surface area contributed by atoms with E-state index in [2.05, 4.69) is 40.5 Å². The number of methoxy groups -OCH3 is 2. The fraction of sp³-hybridized carbons (Fsp3) is 0.440. The van der Waals surface area contributed by atoms with Crippen molar-refractivity contribution in [2.45, 2.75) is 51.7 Å². The second kappa shape index (κ2) is 10.4. The number of amides is 1. The number of hydrogen-bond donors (Lipinski definition) is 1. The predicted octanol–water partition coefficient (Wildman–Crippen LogP) is 3.18. The summed E-state index contributed by atoms with van der Waals surface area (Å²) in [6.07, 6.45) is 1.69. The van der Waals surface area contributed by atoms with Crippen LogP contribution in [0.1, 0.15) is 35.1 Å². The minimum absolute atomic E-state index is 0.0105. The van der Waals surface area contributed by atoms with E-state index in [-0.39, 0.29) is 24.0 Å². The van der Waals surface area contributed by atoms with Gasteiger partial charge in [-0.3, -0.25) is 14.5 Å². The summed E-state index contributed by atoms with van der Waals surface area (Å²) in [7, 11) is 3.06. The average Bonchev–Trinajstić information content (AvgIpc) is 3.14. The van der Waals surface area contributed by atoms with Gasteiger partial charge in [0.2, 0.25) is 5.91 Å². The first-order chi connectivity index (χ1) is 14.9. The summed E-state index contributed by atoms with van der Waals surface area (Å²) in [5.41, 5.74) is 4.50. The molecule has 6 nitrogen and oxygen atoms in total. The van der Waals surface area contributed by atoms with Crippen molar-refractivity contribution >= 4 is 11.9 Å². The number of carbonyl (C=O) groups excluding carboxylic acids is 2.